The first-order valence-electron chi connectivity index (χ1n) is 7.81. The summed E-state index contributed by atoms with van der Waals surface area (Å²) in [6.45, 7) is 0.960. The summed E-state index contributed by atoms with van der Waals surface area (Å²) in [5.41, 5.74) is 2.01. The molecular formula is C18H21N3O4. The number of hydrogen-bond acceptors (Lipinski definition) is 5. The summed E-state index contributed by atoms with van der Waals surface area (Å²) in [4.78, 5) is 24.3. The number of rotatable bonds is 8. The number of carbonyl (C=O) groups excluding carboxylic acids is 1. The third kappa shape index (κ3) is 5.89. The second kappa shape index (κ2) is 8.79. The quantitative estimate of drug-likeness (QED) is 0.587. The minimum absolute atomic E-state index is 0.0793. The number of ether oxygens (including phenoxy) is 1. The van der Waals surface area contributed by atoms with E-state index in [1.54, 1.807) is 12.1 Å². The first-order valence-corrected chi connectivity index (χ1v) is 7.81. The van der Waals surface area contributed by atoms with Gasteiger partial charge in [0.2, 0.25) is 0 Å². The van der Waals surface area contributed by atoms with Gasteiger partial charge < -0.3 is 15.0 Å². The first-order chi connectivity index (χ1) is 12.0. The number of nitro groups is 1. The molecule has 0 saturated heterocycles. The Bertz CT molecular complexity index is 729. The SMILES string of the molecule is CN(C)Cc1ccc(CNC(=O)COc2ccccc2[N+](=O)[O-])cc1. The second-order valence-electron chi connectivity index (χ2n) is 5.84. The summed E-state index contributed by atoms with van der Waals surface area (Å²) < 4.78 is 5.25. The molecule has 0 aliphatic heterocycles. The maximum Gasteiger partial charge on any atom is 0.310 e. The van der Waals surface area contributed by atoms with Gasteiger partial charge in [-0.15, -0.1) is 0 Å². The summed E-state index contributed by atoms with van der Waals surface area (Å²) in [6, 6.07) is 13.9. The van der Waals surface area contributed by atoms with Crippen molar-refractivity contribution in [1.82, 2.24) is 10.2 Å². The molecule has 0 aliphatic carbocycles. The number of nitro benzene ring substituents is 1. The molecule has 25 heavy (non-hydrogen) atoms. The normalized spacial score (nSPS) is 10.5. The van der Waals surface area contributed by atoms with Gasteiger partial charge in [-0.3, -0.25) is 14.9 Å². The van der Waals surface area contributed by atoms with Crippen LogP contribution >= 0.6 is 0 Å². The van der Waals surface area contributed by atoms with Gasteiger partial charge in [0, 0.05) is 19.2 Å². The van der Waals surface area contributed by atoms with Crippen molar-refractivity contribution in [2.45, 2.75) is 13.1 Å². The lowest BCUT2D eigenvalue weighted by Crippen LogP contribution is -2.28. The van der Waals surface area contributed by atoms with Gasteiger partial charge in [0.25, 0.3) is 5.91 Å². The molecule has 7 nitrogen and oxygen atoms in total. The van der Waals surface area contributed by atoms with Gasteiger partial charge in [-0.2, -0.15) is 0 Å². The molecule has 1 N–H and O–H groups in total. The Kier molecular flexibility index (Phi) is 6.47. The molecule has 7 heteroatoms. The molecule has 0 atom stereocenters. The van der Waals surface area contributed by atoms with Crippen LogP contribution in [0.3, 0.4) is 0 Å². The van der Waals surface area contributed by atoms with Crippen LogP contribution in [0.2, 0.25) is 0 Å². The molecule has 0 aromatic heterocycles. The molecule has 0 unspecified atom stereocenters. The molecule has 0 radical (unpaired) electrons. The van der Waals surface area contributed by atoms with Crippen molar-refractivity contribution in [2.75, 3.05) is 20.7 Å². The van der Waals surface area contributed by atoms with Gasteiger partial charge in [0.05, 0.1) is 4.92 Å². The van der Waals surface area contributed by atoms with E-state index in [0.29, 0.717) is 6.54 Å². The average Bonchev–Trinajstić information content (AvgIpc) is 2.59. The number of hydrogen-bond donors (Lipinski definition) is 1. The standard InChI is InChI=1S/C18H21N3O4/c1-20(2)12-15-9-7-14(8-10-15)11-19-18(22)13-25-17-6-4-3-5-16(17)21(23)24/h3-10H,11-13H2,1-2H3,(H,19,22). The zero-order valence-corrected chi connectivity index (χ0v) is 14.3. The van der Waals surface area contributed by atoms with Crippen LogP contribution in [0.5, 0.6) is 5.75 Å². The molecule has 0 spiro atoms. The second-order valence-corrected chi connectivity index (χ2v) is 5.84. The van der Waals surface area contributed by atoms with Crippen molar-refractivity contribution in [3.63, 3.8) is 0 Å². The van der Waals surface area contributed by atoms with Gasteiger partial charge in [0.15, 0.2) is 12.4 Å². The number of amides is 1. The van der Waals surface area contributed by atoms with Crippen LogP contribution in [-0.4, -0.2) is 36.4 Å². The molecule has 0 saturated carbocycles. The smallest absolute Gasteiger partial charge is 0.310 e. The maximum absolute atomic E-state index is 11.9. The van der Waals surface area contributed by atoms with E-state index in [2.05, 4.69) is 10.2 Å². The van der Waals surface area contributed by atoms with E-state index >= 15 is 0 Å². The predicted octanol–water partition coefficient (Wildman–Crippen LogP) is 2.35. The summed E-state index contributed by atoms with van der Waals surface area (Å²) in [7, 11) is 4.01. The average molecular weight is 343 g/mol. The summed E-state index contributed by atoms with van der Waals surface area (Å²) in [5.74, 6) is -0.258. The molecule has 2 rings (SSSR count). The van der Waals surface area contributed by atoms with Gasteiger partial charge in [-0.25, -0.2) is 0 Å². The fourth-order valence-electron chi connectivity index (χ4n) is 2.25. The number of carbonyl (C=O) groups is 1. The highest BCUT2D eigenvalue weighted by molar-refractivity contribution is 5.77. The molecule has 2 aromatic carbocycles. The van der Waals surface area contributed by atoms with Crippen LogP contribution in [0.4, 0.5) is 5.69 Å². The van der Waals surface area contributed by atoms with Crippen LogP contribution in [0.15, 0.2) is 48.5 Å². The van der Waals surface area contributed by atoms with E-state index in [1.165, 1.54) is 17.7 Å². The monoisotopic (exact) mass is 343 g/mol. The topological polar surface area (TPSA) is 84.7 Å². The maximum atomic E-state index is 11.9. The summed E-state index contributed by atoms with van der Waals surface area (Å²) in [6.07, 6.45) is 0. The minimum atomic E-state index is -0.539. The van der Waals surface area contributed by atoms with Crippen LogP contribution in [0, 0.1) is 10.1 Å². The third-order valence-electron chi connectivity index (χ3n) is 3.43. The van der Waals surface area contributed by atoms with Crippen LogP contribution in [0.25, 0.3) is 0 Å². The van der Waals surface area contributed by atoms with Crippen molar-refractivity contribution in [3.05, 3.63) is 69.8 Å². The Morgan fingerprint density at radius 3 is 2.40 bits per heavy atom. The summed E-state index contributed by atoms with van der Waals surface area (Å²) in [5, 5.41) is 13.6. The number of nitrogens with zero attached hydrogens (tertiary/aromatic N) is 2. The Balaban J connectivity index is 1.82. The Morgan fingerprint density at radius 1 is 1.12 bits per heavy atom. The zero-order chi connectivity index (χ0) is 18.2. The van der Waals surface area contributed by atoms with Crippen LogP contribution in [-0.2, 0) is 17.9 Å². The van der Waals surface area contributed by atoms with E-state index in [1.807, 2.05) is 38.4 Å². The number of para-hydroxylation sites is 2. The van der Waals surface area contributed by atoms with Crippen molar-refractivity contribution < 1.29 is 14.5 Å². The minimum Gasteiger partial charge on any atom is -0.477 e. The Hall–Kier alpha value is -2.93. The van der Waals surface area contributed by atoms with Crippen LogP contribution < -0.4 is 10.1 Å². The van der Waals surface area contributed by atoms with Gasteiger partial charge >= 0.3 is 5.69 Å². The molecule has 0 bridgehead atoms. The van der Waals surface area contributed by atoms with Gasteiger partial charge in [0.1, 0.15) is 0 Å². The Labute approximate surface area is 146 Å². The lowest BCUT2D eigenvalue weighted by molar-refractivity contribution is -0.385. The zero-order valence-electron chi connectivity index (χ0n) is 14.3. The molecule has 0 heterocycles. The van der Waals surface area contributed by atoms with Gasteiger partial charge in [-0.05, 0) is 31.3 Å². The van der Waals surface area contributed by atoms with E-state index in [-0.39, 0.29) is 24.0 Å². The molecule has 0 fully saturated rings. The van der Waals surface area contributed by atoms with Crippen LogP contribution in [0.1, 0.15) is 11.1 Å². The van der Waals surface area contributed by atoms with Crippen molar-refractivity contribution in [3.8, 4) is 5.75 Å². The summed E-state index contributed by atoms with van der Waals surface area (Å²) >= 11 is 0. The van der Waals surface area contributed by atoms with Crippen molar-refractivity contribution >= 4 is 11.6 Å². The third-order valence-corrected chi connectivity index (χ3v) is 3.43. The van der Waals surface area contributed by atoms with Crippen molar-refractivity contribution in [2.24, 2.45) is 0 Å². The Morgan fingerprint density at radius 2 is 1.76 bits per heavy atom. The highest BCUT2D eigenvalue weighted by Crippen LogP contribution is 2.25. The predicted molar refractivity (Wildman–Crippen MR) is 94.3 cm³/mol. The molecular weight excluding hydrogens is 322 g/mol. The fraction of sp³-hybridized carbons (Fsp3) is 0.278. The lowest BCUT2D eigenvalue weighted by atomic mass is 10.1. The molecule has 2 aromatic rings. The molecule has 1 amide bonds. The van der Waals surface area contributed by atoms with E-state index in [4.69, 9.17) is 4.74 Å². The fourth-order valence-corrected chi connectivity index (χ4v) is 2.25. The van der Waals surface area contributed by atoms with E-state index < -0.39 is 4.92 Å². The van der Waals surface area contributed by atoms with E-state index in [9.17, 15) is 14.9 Å². The first kappa shape index (κ1) is 18.4. The van der Waals surface area contributed by atoms with Gasteiger partial charge in [-0.1, -0.05) is 36.4 Å². The highest BCUT2D eigenvalue weighted by Gasteiger charge is 2.14. The molecule has 0 aliphatic rings. The number of benzene rings is 2. The molecule has 132 valence electrons. The van der Waals surface area contributed by atoms with Crippen molar-refractivity contribution in [1.29, 1.82) is 0 Å². The number of nitrogens with one attached hydrogen (secondary N) is 1. The lowest BCUT2D eigenvalue weighted by Gasteiger charge is -2.11. The van der Waals surface area contributed by atoms with E-state index in [0.717, 1.165) is 12.1 Å². The largest absolute Gasteiger partial charge is 0.477 e. The highest BCUT2D eigenvalue weighted by atomic mass is 16.6.